The van der Waals surface area contributed by atoms with Crippen molar-refractivity contribution in [3.8, 4) is 0 Å². The van der Waals surface area contributed by atoms with Crippen LogP contribution in [0.4, 0.5) is 5.95 Å². The van der Waals surface area contributed by atoms with Crippen LogP contribution in [0, 0.1) is 9.49 Å². The molecule has 5 heteroatoms. The van der Waals surface area contributed by atoms with E-state index in [0.717, 1.165) is 22.6 Å². The van der Waals surface area contributed by atoms with Gasteiger partial charge < -0.3 is 10.6 Å². The standard InChI is InChI=1S/C13H21IN4/c1-2-18(13-16-8-11(14)9-17-13)12-6-4-3-5-10(12)7-15/h8-10,12H,2-7,15H2,1H3. The van der Waals surface area contributed by atoms with Crippen molar-refractivity contribution in [2.75, 3.05) is 18.0 Å². The molecule has 100 valence electrons. The number of hydrogen-bond donors (Lipinski definition) is 1. The van der Waals surface area contributed by atoms with Gasteiger partial charge in [-0.05, 0) is 54.8 Å². The van der Waals surface area contributed by atoms with E-state index in [1.54, 1.807) is 0 Å². The predicted molar refractivity (Wildman–Crippen MR) is 82.6 cm³/mol. The first-order valence-corrected chi connectivity index (χ1v) is 7.78. The van der Waals surface area contributed by atoms with Crippen molar-refractivity contribution < 1.29 is 0 Å². The van der Waals surface area contributed by atoms with Crippen molar-refractivity contribution in [2.45, 2.75) is 38.6 Å². The van der Waals surface area contributed by atoms with E-state index in [2.05, 4.69) is 44.4 Å². The highest BCUT2D eigenvalue weighted by Gasteiger charge is 2.29. The monoisotopic (exact) mass is 360 g/mol. The molecule has 2 N–H and O–H groups in total. The fourth-order valence-corrected chi connectivity index (χ4v) is 3.13. The molecule has 0 amide bonds. The molecular weight excluding hydrogens is 339 g/mol. The molecule has 0 bridgehead atoms. The summed E-state index contributed by atoms with van der Waals surface area (Å²) in [6, 6.07) is 0.508. The van der Waals surface area contributed by atoms with Gasteiger partial charge in [-0.25, -0.2) is 9.97 Å². The van der Waals surface area contributed by atoms with Crippen LogP contribution in [0.15, 0.2) is 12.4 Å². The van der Waals surface area contributed by atoms with Gasteiger partial charge in [-0.1, -0.05) is 12.8 Å². The van der Waals surface area contributed by atoms with E-state index in [0.29, 0.717) is 12.0 Å². The van der Waals surface area contributed by atoms with Gasteiger partial charge in [-0.2, -0.15) is 0 Å². The van der Waals surface area contributed by atoms with E-state index in [1.807, 2.05) is 12.4 Å². The van der Waals surface area contributed by atoms with E-state index in [4.69, 9.17) is 5.73 Å². The fourth-order valence-electron chi connectivity index (χ4n) is 2.85. The summed E-state index contributed by atoms with van der Waals surface area (Å²) in [5.41, 5.74) is 5.92. The Morgan fingerprint density at radius 1 is 1.33 bits per heavy atom. The van der Waals surface area contributed by atoms with Gasteiger partial charge in [0, 0.05) is 28.6 Å². The predicted octanol–water partition coefficient (Wildman–Crippen LogP) is 2.42. The molecule has 0 saturated heterocycles. The molecule has 1 aromatic rings. The highest BCUT2D eigenvalue weighted by atomic mass is 127. The van der Waals surface area contributed by atoms with Gasteiger partial charge in [0.1, 0.15) is 0 Å². The van der Waals surface area contributed by atoms with Gasteiger partial charge in [-0.15, -0.1) is 0 Å². The molecule has 1 saturated carbocycles. The summed E-state index contributed by atoms with van der Waals surface area (Å²) in [6.07, 6.45) is 8.82. The van der Waals surface area contributed by atoms with Gasteiger partial charge >= 0.3 is 0 Å². The quantitative estimate of drug-likeness (QED) is 0.838. The van der Waals surface area contributed by atoms with Crippen LogP contribution in [-0.2, 0) is 0 Å². The highest BCUT2D eigenvalue weighted by Crippen LogP contribution is 2.29. The molecule has 0 aliphatic heterocycles. The van der Waals surface area contributed by atoms with Crippen LogP contribution < -0.4 is 10.6 Å². The van der Waals surface area contributed by atoms with E-state index >= 15 is 0 Å². The summed E-state index contributed by atoms with van der Waals surface area (Å²) in [4.78, 5) is 11.2. The second-order valence-electron chi connectivity index (χ2n) is 4.83. The number of nitrogens with zero attached hydrogens (tertiary/aromatic N) is 3. The molecule has 2 rings (SSSR count). The maximum absolute atomic E-state index is 5.92. The summed E-state index contributed by atoms with van der Waals surface area (Å²) in [6.45, 7) is 3.89. The zero-order valence-electron chi connectivity index (χ0n) is 10.8. The van der Waals surface area contributed by atoms with Crippen LogP contribution in [0.25, 0.3) is 0 Å². The van der Waals surface area contributed by atoms with E-state index in [9.17, 15) is 0 Å². The lowest BCUT2D eigenvalue weighted by Gasteiger charge is -2.39. The minimum Gasteiger partial charge on any atom is -0.338 e. The van der Waals surface area contributed by atoms with Gasteiger partial charge in [0.05, 0.1) is 0 Å². The Hall–Kier alpha value is -0.430. The maximum atomic E-state index is 5.92. The molecule has 0 radical (unpaired) electrons. The molecule has 1 aromatic heterocycles. The Morgan fingerprint density at radius 3 is 2.61 bits per heavy atom. The third-order valence-corrected chi connectivity index (χ3v) is 4.33. The third kappa shape index (κ3) is 3.12. The second kappa shape index (κ2) is 6.65. The Balaban J connectivity index is 2.18. The molecule has 2 atom stereocenters. The number of anilines is 1. The largest absolute Gasteiger partial charge is 0.338 e. The molecule has 0 spiro atoms. The van der Waals surface area contributed by atoms with E-state index < -0.39 is 0 Å². The van der Waals surface area contributed by atoms with E-state index in [1.165, 1.54) is 25.7 Å². The van der Waals surface area contributed by atoms with Crippen LogP contribution in [0.2, 0.25) is 0 Å². The van der Waals surface area contributed by atoms with Gasteiger partial charge in [0.15, 0.2) is 0 Å². The average molecular weight is 360 g/mol. The van der Waals surface area contributed by atoms with E-state index in [-0.39, 0.29) is 0 Å². The lowest BCUT2D eigenvalue weighted by Crippen LogP contribution is -2.46. The van der Waals surface area contributed by atoms with Gasteiger partial charge in [-0.3, -0.25) is 0 Å². The summed E-state index contributed by atoms with van der Waals surface area (Å²) < 4.78 is 1.08. The number of halogens is 1. The van der Waals surface area contributed by atoms with Crippen molar-refractivity contribution in [1.82, 2.24) is 9.97 Å². The fraction of sp³-hybridized carbons (Fsp3) is 0.692. The van der Waals surface area contributed by atoms with Crippen molar-refractivity contribution in [3.05, 3.63) is 16.0 Å². The Labute approximate surface area is 123 Å². The summed E-state index contributed by atoms with van der Waals surface area (Å²) in [5, 5.41) is 0. The number of rotatable bonds is 4. The van der Waals surface area contributed by atoms with Crippen molar-refractivity contribution in [2.24, 2.45) is 11.7 Å². The van der Waals surface area contributed by atoms with Crippen LogP contribution in [-0.4, -0.2) is 29.1 Å². The van der Waals surface area contributed by atoms with Crippen molar-refractivity contribution in [3.63, 3.8) is 0 Å². The van der Waals surface area contributed by atoms with Gasteiger partial charge in [0.25, 0.3) is 0 Å². The highest BCUT2D eigenvalue weighted by molar-refractivity contribution is 14.1. The minimum atomic E-state index is 0.508. The maximum Gasteiger partial charge on any atom is 0.225 e. The molecule has 4 nitrogen and oxygen atoms in total. The number of hydrogen-bond acceptors (Lipinski definition) is 4. The first-order valence-electron chi connectivity index (χ1n) is 6.70. The smallest absolute Gasteiger partial charge is 0.225 e. The molecule has 1 heterocycles. The van der Waals surface area contributed by atoms with Gasteiger partial charge in [0.2, 0.25) is 5.95 Å². The minimum absolute atomic E-state index is 0.508. The average Bonchev–Trinajstić information content (AvgIpc) is 2.42. The Kier molecular flexibility index (Phi) is 5.17. The van der Waals surface area contributed by atoms with Crippen LogP contribution in [0.3, 0.4) is 0 Å². The van der Waals surface area contributed by atoms with Crippen LogP contribution in [0.5, 0.6) is 0 Å². The van der Waals surface area contributed by atoms with Crippen molar-refractivity contribution >= 4 is 28.5 Å². The number of nitrogens with two attached hydrogens (primary N) is 1. The second-order valence-corrected chi connectivity index (χ2v) is 6.08. The molecule has 1 aliphatic carbocycles. The SMILES string of the molecule is CCN(c1ncc(I)cn1)C1CCCCC1CN. The Morgan fingerprint density at radius 2 is 2.00 bits per heavy atom. The molecule has 0 aromatic carbocycles. The van der Waals surface area contributed by atoms with Crippen molar-refractivity contribution in [1.29, 1.82) is 0 Å². The molecule has 1 fully saturated rings. The zero-order valence-corrected chi connectivity index (χ0v) is 13.0. The Bertz CT molecular complexity index is 368. The molecule has 2 unspecified atom stereocenters. The summed E-state index contributed by atoms with van der Waals surface area (Å²) in [5.74, 6) is 1.44. The first kappa shape index (κ1) is 14.0. The topological polar surface area (TPSA) is 55.0 Å². The third-order valence-electron chi connectivity index (χ3n) is 3.78. The van der Waals surface area contributed by atoms with Crippen LogP contribution >= 0.6 is 22.6 Å². The molecule has 1 aliphatic rings. The summed E-state index contributed by atoms with van der Waals surface area (Å²) >= 11 is 2.23. The normalized spacial score (nSPS) is 23.9. The summed E-state index contributed by atoms with van der Waals surface area (Å²) in [7, 11) is 0. The molecule has 18 heavy (non-hydrogen) atoms. The zero-order chi connectivity index (χ0) is 13.0. The lowest BCUT2D eigenvalue weighted by atomic mass is 9.83. The lowest BCUT2D eigenvalue weighted by molar-refractivity contribution is 0.298. The number of aromatic nitrogens is 2. The first-order chi connectivity index (χ1) is 8.76. The molecular formula is C13H21IN4. The van der Waals surface area contributed by atoms with Crippen LogP contribution in [0.1, 0.15) is 32.6 Å².